The van der Waals surface area contributed by atoms with Crippen LogP contribution in [0.5, 0.6) is 0 Å². The van der Waals surface area contributed by atoms with Crippen LogP contribution >= 0.6 is 0 Å². The normalized spacial score (nSPS) is 23.1. The summed E-state index contributed by atoms with van der Waals surface area (Å²) in [6.07, 6.45) is 11.0. The number of hydrogen-bond acceptors (Lipinski definition) is 10. The van der Waals surface area contributed by atoms with Gasteiger partial charge in [0.05, 0.1) is 36.0 Å². The van der Waals surface area contributed by atoms with E-state index in [0.717, 1.165) is 91.7 Å². The molecular weight excluding hydrogens is 468 g/mol. The third kappa shape index (κ3) is 3.72. The van der Waals surface area contributed by atoms with Gasteiger partial charge in [0, 0.05) is 49.0 Å². The first-order chi connectivity index (χ1) is 18.1. The molecule has 0 bridgehead atoms. The minimum atomic E-state index is 0.0810. The van der Waals surface area contributed by atoms with E-state index in [1.54, 1.807) is 12.4 Å². The van der Waals surface area contributed by atoms with Crippen molar-refractivity contribution >= 4 is 28.5 Å². The number of anilines is 3. The van der Waals surface area contributed by atoms with E-state index in [-0.39, 0.29) is 17.6 Å². The fourth-order valence-electron chi connectivity index (χ4n) is 6.04. The van der Waals surface area contributed by atoms with E-state index in [4.69, 9.17) is 25.4 Å². The number of aryl methyl sites for hydroxylation is 1. The molecule has 190 valence electrons. The minimum absolute atomic E-state index is 0.0810. The van der Waals surface area contributed by atoms with E-state index in [1.165, 1.54) is 6.33 Å². The highest BCUT2D eigenvalue weighted by molar-refractivity contribution is 5.87. The Kier molecular flexibility index (Phi) is 5.29. The van der Waals surface area contributed by atoms with Crippen molar-refractivity contribution in [1.29, 1.82) is 0 Å². The van der Waals surface area contributed by atoms with Crippen LogP contribution in [0, 0.1) is 5.41 Å². The lowest BCUT2D eigenvalue weighted by atomic mass is 9.73. The summed E-state index contributed by atoms with van der Waals surface area (Å²) in [6.45, 7) is 5.47. The van der Waals surface area contributed by atoms with Crippen molar-refractivity contribution < 1.29 is 4.74 Å². The second-order valence-electron chi connectivity index (χ2n) is 10.4. The zero-order valence-corrected chi connectivity index (χ0v) is 20.8. The zero-order chi connectivity index (χ0) is 25.0. The maximum atomic E-state index is 6.49. The Morgan fingerprint density at radius 2 is 1.92 bits per heavy atom. The highest BCUT2D eigenvalue weighted by atomic mass is 16.5. The molecular formula is C26H30N10O. The van der Waals surface area contributed by atoms with Crippen molar-refractivity contribution in [3.8, 4) is 11.3 Å². The van der Waals surface area contributed by atoms with E-state index in [9.17, 15) is 0 Å². The Morgan fingerprint density at radius 3 is 2.70 bits per heavy atom. The molecule has 0 aliphatic carbocycles. The van der Waals surface area contributed by atoms with Crippen LogP contribution in [0.4, 0.5) is 17.3 Å². The number of pyridine rings is 1. The topological polar surface area (TPSA) is 135 Å². The molecule has 0 unspecified atom stereocenters. The maximum absolute atomic E-state index is 6.49. The maximum Gasteiger partial charge on any atom is 0.183 e. The van der Waals surface area contributed by atoms with E-state index >= 15 is 0 Å². The van der Waals surface area contributed by atoms with Crippen molar-refractivity contribution in [2.45, 2.75) is 44.8 Å². The van der Waals surface area contributed by atoms with E-state index < -0.39 is 0 Å². The Labute approximate surface area is 214 Å². The highest BCUT2D eigenvalue weighted by Crippen LogP contribution is 2.42. The average Bonchev–Trinajstić information content (AvgIpc) is 3.50. The van der Waals surface area contributed by atoms with Gasteiger partial charge in [-0.2, -0.15) is 5.10 Å². The SMILES string of the molecule is C[C@@H]1OCC2(CCN(c3cnc4c(N5CCCc6nc(-c7cncnc7)ccc65)n[nH]c4n3)CC2)[C@@H]1N. The smallest absolute Gasteiger partial charge is 0.183 e. The Bertz CT molecular complexity index is 1430. The van der Waals surface area contributed by atoms with Crippen LogP contribution in [0.2, 0.25) is 0 Å². The molecule has 1 spiro atoms. The molecule has 0 radical (unpaired) electrons. The van der Waals surface area contributed by atoms with Gasteiger partial charge in [-0.3, -0.25) is 10.1 Å². The van der Waals surface area contributed by atoms with Crippen LogP contribution in [-0.4, -0.2) is 73.5 Å². The predicted octanol–water partition coefficient (Wildman–Crippen LogP) is 2.62. The van der Waals surface area contributed by atoms with E-state index in [0.29, 0.717) is 5.65 Å². The fraction of sp³-hybridized carbons (Fsp3) is 0.462. The number of aromatic nitrogens is 7. The number of H-pyrrole nitrogens is 1. The first kappa shape index (κ1) is 22.5. The molecule has 7 rings (SSSR count). The second kappa shape index (κ2) is 8.70. The lowest BCUT2D eigenvalue weighted by Gasteiger charge is -2.41. The van der Waals surface area contributed by atoms with Crippen LogP contribution < -0.4 is 15.5 Å². The average molecular weight is 499 g/mol. The summed E-state index contributed by atoms with van der Waals surface area (Å²) in [5.74, 6) is 1.65. The van der Waals surface area contributed by atoms with Gasteiger partial charge in [-0.1, -0.05) is 0 Å². The van der Waals surface area contributed by atoms with Crippen molar-refractivity contribution in [3.63, 3.8) is 0 Å². The van der Waals surface area contributed by atoms with Gasteiger partial charge in [0.15, 0.2) is 17.0 Å². The molecule has 7 heterocycles. The molecule has 2 fully saturated rings. The number of fused-ring (bicyclic) bond motifs is 2. The molecule has 11 heteroatoms. The lowest BCUT2D eigenvalue weighted by Crippen LogP contribution is -2.50. The molecule has 0 saturated carbocycles. The Hall–Kier alpha value is -3.70. The predicted molar refractivity (Wildman–Crippen MR) is 140 cm³/mol. The summed E-state index contributed by atoms with van der Waals surface area (Å²) in [6, 6.07) is 4.21. The molecule has 2 atom stereocenters. The quantitative estimate of drug-likeness (QED) is 0.434. The van der Waals surface area contributed by atoms with Crippen LogP contribution in [0.1, 0.15) is 31.9 Å². The van der Waals surface area contributed by atoms with Crippen LogP contribution in [0.3, 0.4) is 0 Å². The van der Waals surface area contributed by atoms with Crippen LogP contribution in [-0.2, 0) is 11.2 Å². The molecule has 3 N–H and O–H groups in total. The minimum Gasteiger partial charge on any atom is -0.376 e. The Balaban J connectivity index is 1.14. The van der Waals surface area contributed by atoms with Crippen molar-refractivity contribution in [1.82, 2.24) is 35.1 Å². The van der Waals surface area contributed by atoms with Gasteiger partial charge in [0.1, 0.15) is 12.1 Å². The van der Waals surface area contributed by atoms with Crippen LogP contribution in [0.25, 0.3) is 22.4 Å². The molecule has 0 aromatic carbocycles. The van der Waals surface area contributed by atoms with Crippen molar-refractivity contribution in [2.24, 2.45) is 11.1 Å². The molecule has 4 aromatic heterocycles. The summed E-state index contributed by atoms with van der Waals surface area (Å²) < 4.78 is 5.87. The molecule has 3 aliphatic rings. The highest BCUT2D eigenvalue weighted by Gasteiger charge is 2.47. The van der Waals surface area contributed by atoms with Crippen molar-refractivity contribution in [3.05, 3.63) is 42.7 Å². The monoisotopic (exact) mass is 498 g/mol. The summed E-state index contributed by atoms with van der Waals surface area (Å²) in [4.78, 5) is 27.4. The number of ether oxygens (including phenoxy) is 1. The summed E-state index contributed by atoms with van der Waals surface area (Å²) in [7, 11) is 0. The Morgan fingerprint density at radius 1 is 1.08 bits per heavy atom. The molecule has 4 aromatic rings. The van der Waals surface area contributed by atoms with Gasteiger partial charge in [-0.25, -0.2) is 19.9 Å². The molecule has 2 saturated heterocycles. The zero-order valence-electron chi connectivity index (χ0n) is 20.8. The van der Waals surface area contributed by atoms with E-state index in [1.807, 2.05) is 12.3 Å². The third-order valence-corrected chi connectivity index (χ3v) is 8.32. The van der Waals surface area contributed by atoms with Gasteiger partial charge >= 0.3 is 0 Å². The van der Waals surface area contributed by atoms with Gasteiger partial charge in [-0.15, -0.1) is 0 Å². The van der Waals surface area contributed by atoms with Gasteiger partial charge < -0.3 is 20.3 Å². The van der Waals surface area contributed by atoms with Crippen molar-refractivity contribution in [2.75, 3.05) is 36.0 Å². The summed E-state index contributed by atoms with van der Waals surface area (Å²) in [5, 5.41) is 7.76. The number of rotatable bonds is 3. The summed E-state index contributed by atoms with van der Waals surface area (Å²) >= 11 is 0. The number of piperidine rings is 1. The first-order valence-electron chi connectivity index (χ1n) is 13.0. The molecule has 0 amide bonds. The first-order valence-corrected chi connectivity index (χ1v) is 13.0. The lowest BCUT2D eigenvalue weighted by molar-refractivity contribution is 0.0974. The van der Waals surface area contributed by atoms with Gasteiger partial charge in [0.25, 0.3) is 0 Å². The molecule has 37 heavy (non-hydrogen) atoms. The standard InChI is InChI=1S/C26H30N10O/c1-16-23(27)26(14-37-16)6-9-35(10-7-26)21-13-30-22-24(32-21)33-34-25(22)36-8-2-3-19-20(36)5-4-18(31-19)17-11-28-15-29-12-17/h4-5,11-13,15-16,23H,2-3,6-10,14,27H2,1H3,(H,32,33,34)/t16-,23+/m0/s1. The molecule has 3 aliphatic heterocycles. The van der Waals surface area contributed by atoms with Gasteiger partial charge in [0.2, 0.25) is 0 Å². The largest absolute Gasteiger partial charge is 0.376 e. The van der Waals surface area contributed by atoms with Gasteiger partial charge in [-0.05, 0) is 44.7 Å². The third-order valence-electron chi connectivity index (χ3n) is 8.32. The van der Waals surface area contributed by atoms with Crippen LogP contribution in [0.15, 0.2) is 37.1 Å². The number of nitrogens with two attached hydrogens (primary N) is 1. The number of nitrogens with one attached hydrogen (secondary N) is 1. The summed E-state index contributed by atoms with van der Waals surface area (Å²) in [5.41, 5.74) is 11.9. The number of hydrogen-bond donors (Lipinski definition) is 2. The second-order valence-corrected chi connectivity index (χ2v) is 10.4. The fourth-order valence-corrected chi connectivity index (χ4v) is 6.04. The number of nitrogens with zero attached hydrogens (tertiary/aromatic N) is 8. The number of aromatic amines is 1. The molecule has 11 nitrogen and oxygen atoms in total. The van der Waals surface area contributed by atoms with E-state index in [2.05, 4.69) is 43.0 Å².